The van der Waals surface area contributed by atoms with Crippen LogP contribution in [0.3, 0.4) is 0 Å². The summed E-state index contributed by atoms with van der Waals surface area (Å²) in [7, 11) is 0. The van der Waals surface area contributed by atoms with Crippen LogP contribution in [0, 0.1) is 0 Å². The van der Waals surface area contributed by atoms with Gasteiger partial charge >= 0.3 is 5.97 Å². The van der Waals surface area contributed by atoms with Gasteiger partial charge in [-0.2, -0.15) is 0 Å². The second-order valence-electron chi connectivity index (χ2n) is 4.92. The van der Waals surface area contributed by atoms with Gasteiger partial charge in [0.05, 0.1) is 11.7 Å². The molecule has 1 fully saturated rings. The van der Waals surface area contributed by atoms with Gasteiger partial charge < -0.3 is 9.47 Å². The molecule has 0 saturated carbocycles. The van der Waals surface area contributed by atoms with Crippen LogP contribution in [-0.4, -0.2) is 23.3 Å². The molecule has 1 aliphatic heterocycles. The van der Waals surface area contributed by atoms with E-state index in [1.54, 1.807) is 6.08 Å². The van der Waals surface area contributed by atoms with E-state index < -0.39 is 5.60 Å². The highest BCUT2D eigenvalue weighted by atomic mass is 16.6. The van der Waals surface area contributed by atoms with Crippen molar-refractivity contribution in [3.05, 3.63) is 12.7 Å². The summed E-state index contributed by atoms with van der Waals surface area (Å²) in [4.78, 5) is 11.0. The zero-order valence-corrected chi connectivity index (χ0v) is 10.7. The number of rotatable bonds is 6. The van der Waals surface area contributed by atoms with Crippen molar-refractivity contribution < 1.29 is 14.3 Å². The average molecular weight is 226 g/mol. The first-order chi connectivity index (χ1) is 7.35. The first kappa shape index (κ1) is 13.2. The van der Waals surface area contributed by atoms with Gasteiger partial charge in [-0.1, -0.05) is 13.5 Å². The van der Waals surface area contributed by atoms with E-state index in [2.05, 4.69) is 20.4 Å². The molecule has 0 aromatic heterocycles. The Labute approximate surface area is 97.8 Å². The van der Waals surface area contributed by atoms with Crippen LogP contribution in [-0.2, 0) is 14.3 Å². The molecule has 0 bridgehead atoms. The predicted octanol–water partition coefficient (Wildman–Crippen LogP) is 2.84. The molecule has 3 nitrogen and oxygen atoms in total. The minimum Gasteiger partial charge on any atom is -0.455 e. The van der Waals surface area contributed by atoms with Crippen molar-refractivity contribution in [2.45, 2.75) is 64.3 Å². The maximum absolute atomic E-state index is 11.0. The number of esters is 1. The minimum absolute atomic E-state index is 0.0400. The number of hydrogen-bond acceptors (Lipinski definition) is 3. The van der Waals surface area contributed by atoms with Crippen molar-refractivity contribution in [1.82, 2.24) is 0 Å². The van der Waals surface area contributed by atoms with Crippen molar-refractivity contribution >= 4 is 5.97 Å². The van der Waals surface area contributed by atoms with Gasteiger partial charge in [0.15, 0.2) is 0 Å². The summed E-state index contributed by atoms with van der Waals surface area (Å²) in [6.07, 6.45) is 4.68. The van der Waals surface area contributed by atoms with E-state index >= 15 is 0 Å². The summed E-state index contributed by atoms with van der Waals surface area (Å²) in [5.41, 5.74) is -0.523. The molecule has 3 atom stereocenters. The van der Waals surface area contributed by atoms with Gasteiger partial charge in [-0.25, -0.2) is 0 Å². The Morgan fingerprint density at radius 2 is 2.31 bits per heavy atom. The lowest BCUT2D eigenvalue weighted by molar-refractivity contribution is -0.151. The fourth-order valence-electron chi connectivity index (χ4n) is 1.91. The van der Waals surface area contributed by atoms with Gasteiger partial charge in [-0.05, 0) is 39.2 Å². The first-order valence-electron chi connectivity index (χ1n) is 5.86. The molecule has 1 aliphatic rings. The topological polar surface area (TPSA) is 38.8 Å². The smallest absolute Gasteiger partial charge is 0.303 e. The third kappa shape index (κ3) is 3.08. The molecule has 1 rings (SSSR count). The number of hydrogen-bond donors (Lipinski definition) is 0. The monoisotopic (exact) mass is 226 g/mol. The van der Waals surface area contributed by atoms with Crippen LogP contribution < -0.4 is 0 Å². The second-order valence-corrected chi connectivity index (χ2v) is 4.92. The molecule has 0 aliphatic carbocycles. The number of carbonyl (C=O) groups excluding carboxylic acids is 1. The van der Waals surface area contributed by atoms with Crippen molar-refractivity contribution in [3.8, 4) is 0 Å². The van der Waals surface area contributed by atoms with Crippen LogP contribution in [0.2, 0.25) is 0 Å². The summed E-state index contributed by atoms with van der Waals surface area (Å²) in [6, 6.07) is 0. The van der Waals surface area contributed by atoms with Crippen molar-refractivity contribution in [1.29, 1.82) is 0 Å². The molecule has 1 heterocycles. The molecule has 0 N–H and O–H groups in total. The molecule has 3 heteroatoms. The Bertz CT molecular complexity index is 287. The zero-order chi connectivity index (χ0) is 12.4. The molecule has 16 heavy (non-hydrogen) atoms. The summed E-state index contributed by atoms with van der Waals surface area (Å²) < 4.78 is 10.9. The van der Waals surface area contributed by atoms with Gasteiger partial charge in [-0.3, -0.25) is 4.79 Å². The van der Waals surface area contributed by atoms with E-state index in [0.717, 1.165) is 19.3 Å². The van der Waals surface area contributed by atoms with E-state index in [4.69, 9.17) is 9.47 Å². The first-order valence-corrected chi connectivity index (χ1v) is 5.86. The maximum Gasteiger partial charge on any atom is 0.303 e. The molecule has 0 aromatic rings. The van der Waals surface area contributed by atoms with E-state index in [1.807, 2.05) is 6.92 Å². The van der Waals surface area contributed by atoms with Gasteiger partial charge in [0, 0.05) is 6.92 Å². The molecular weight excluding hydrogens is 204 g/mol. The highest BCUT2D eigenvalue weighted by Gasteiger charge is 2.50. The Kier molecular flexibility index (Phi) is 3.79. The van der Waals surface area contributed by atoms with Crippen LogP contribution in [0.1, 0.15) is 47.0 Å². The standard InChI is InChI=1S/C13H22O3/c1-6-12(4,15-10(3)14)9-8-11-13(5,7-2)16-11/h6,11H,1,7-9H2,2-5H3/t11-,12-,13-/m0/s1. The van der Waals surface area contributed by atoms with Crippen LogP contribution in [0.5, 0.6) is 0 Å². The maximum atomic E-state index is 11.0. The summed E-state index contributed by atoms with van der Waals surface area (Å²) in [5, 5.41) is 0. The highest BCUT2D eigenvalue weighted by molar-refractivity contribution is 5.66. The van der Waals surface area contributed by atoms with E-state index in [9.17, 15) is 4.79 Å². The lowest BCUT2D eigenvalue weighted by atomic mass is 9.94. The third-order valence-electron chi connectivity index (χ3n) is 3.45. The zero-order valence-electron chi connectivity index (χ0n) is 10.7. The average Bonchev–Trinajstić information content (AvgIpc) is 2.87. The van der Waals surface area contributed by atoms with Crippen LogP contribution in [0.4, 0.5) is 0 Å². The predicted molar refractivity (Wildman–Crippen MR) is 63.2 cm³/mol. The van der Waals surface area contributed by atoms with Crippen LogP contribution in [0.15, 0.2) is 12.7 Å². The normalized spacial score (nSPS) is 31.6. The molecule has 1 saturated heterocycles. The molecule has 92 valence electrons. The lowest BCUT2D eigenvalue weighted by Gasteiger charge is -2.25. The Balaban J connectivity index is 2.41. The molecule has 0 unspecified atom stereocenters. The van der Waals surface area contributed by atoms with Crippen molar-refractivity contribution in [3.63, 3.8) is 0 Å². The fourth-order valence-corrected chi connectivity index (χ4v) is 1.91. The summed E-state index contributed by atoms with van der Waals surface area (Å²) in [5.74, 6) is -0.266. The van der Waals surface area contributed by atoms with Gasteiger partial charge in [0.2, 0.25) is 0 Å². The largest absolute Gasteiger partial charge is 0.455 e. The summed E-state index contributed by atoms with van der Waals surface area (Å²) in [6.45, 7) is 11.3. The number of epoxide rings is 1. The van der Waals surface area contributed by atoms with E-state index in [-0.39, 0.29) is 11.6 Å². The highest BCUT2D eigenvalue weighted by Crippen LogP contribution is 2.42. The molecule has 0 amide bonds. The van der Waals surface area contributed by atoms with Gasteiger partial charge in [0.1, 0.15) is 5.60 Å². The Morgan fingerprint density at radius 1 is 1.69 bits per heavy atom. The quantitative estimate of drug-likeness (QED) is 0.397. The van der Waals surface area contributed by atoms with E-state index in [0.29, 0.717) is 6.10 Å². The molecular formula is C13H22O3. The Morgan fingerprint density at radius 3 is 2.69 bits per heavy atom. The van der Waals surface area contributed by atoms with Crippen molar-refractivity contribution in [2.75, 3.05) is 0 Å². The van der Waals surface area contributed by atoms with Gasteiger partial charge in [-0.15, -0.1) is 0 Å². The van der Waals surface area contributed by atoms with Crippen LogP contribution >= 0.6 is 0 Å². The lowest BCUT2D eigenvalue weighted by Crippen LogP contribution is -2.29. The molecule has 0 aromatic carbocycles. The van der Waals surface area contributed by atoms with E-state index in [1.165, 1.54) is 6.92 Å². The number of ether oxygens (including phenoxy) is 2. The summed E-state index contributed by atoms with van der Waals surface area (Å²) >= 11 is 0. The SMILES string of the molecule is C=C[C@@](C)(CC[C@@H]1O[C@@]1(C)CC)OC(C)=O. The molecule has 0 radical (unpaired) electrons. The Hall–Kier alpha value is -0.830. The number of carbonyl (C=O) groups is 1. The second kappa shape index (κ2) is 4.58. The molecule has 0 spiro atoms. The van der Waals surface area contributed by atoms with Crippen molar-refractivity contribution in [2.24, 2.45) is 0 Å². The fraction of sp³-hybridized carbons (Fsp3) is 0.769. The van der Waals surface area contributed by atoms with Gasteiger partial charge in [0.25, 0.3) is 0 Å². The minimum atomic E-state index is -0.563. The van der Waals surface area contributed by atoms with Crippen LogP contribution in [0.25, 0.3) is 0 Å². The third-order valence-corrected chi connectivity index (χ3v) is 3.45.